The van der Waals surface area contributed by atoms with Gasteiger partial charge in [-0.3, -0.25) is 0 Å². The van der Waals surface area contributed by atoms with Crippen LogP contribution in [-0.2, 0) is 0 Å². The summed E-state index contributed by atoms with van der Waals surface area (Å²) in [5.41, 5.74) is 4.55. The molecule has 0 radical (unpaired) electrons. The summed E-state index contributed by atoms with van der Waals surface area (Å²) >= 11 is 10.9. The van der Waals surface area contributed by atoms with E-state index in [-0.39, 0.29) is 15.9 Å². The summed E-state index contributed by atoms with van der Waals surface area (Å²) in [4.78, 5) is 3.43. The van der Waals surface area contributed by atoms with E-state index in [1.165, 1.54) is 6.07 Å². The van der Waals surface area contributed by atoms with Gasteiger partial charge in [0.2, 0.25) is 0 Å². The fourth-order valence-corrected chi connectivity index (χ4v) is 1.04. The molecule has 0 amide bonds. The predicted octanol–water partition coefficient (Wildman–Crippen LogP) is 2.95. The monoisotopic (exact) mass is 244 g/mol. The van der Waals surface area contributed by atoms with Crippen molar-refractivity contribution >= 4 is 23.2 Å². The van der Waals surface area contributed by atoms with Crippen LogP contribution in [0.4, 0.5) is 13.2 Å². The lowest BCUT2D eigenvalue weighted by atomic mass is 10.2. The minimum Gasteiger partial charge on any atom is -0.315 e. The van der Waals surface area contributed by atoms with Crippen molar-refractivity contribution < 1.29 is 13.2 Å². The van der Waals surface area contributed by atoms with Gasteiger partial charge < -0.3 is 5.73 Å². The first-order valence-corrected chi connectivity index (χ1v) is 4.22. The lowest BCUT2D eigenvalue weighted by Crippen LogP contribution is -2.29. The molecule has 78 valence electrons. The molecular formula is C7H5Cl2F3N2. The molecule has 2 N–H and O–H groups in total. The highest BCUT2D eigenvalue weighted by Crippen LogP contribution is 2.31. The van der Waals surface area contributed by atoms with E-state index in [0.717, 1.165) is 6.07 Å². The molecule has 0 aliphatic heterocycles. The van der Waals surface area contributed by atoms with E-state index in [0.29, 0.717) is 0 Å². The molecule has 14 heavy (non-hydrogen) atoms. The number of nitrogens with two attached hydrogens (primary N) is 1. The van der Waals surface area contributed by atoms with Crippen LogP contribution in [0.2, 0.25) is 10.2 Å². The molecule has 0 fully saturated rings. The van der Waals surface area contributed by atoms with Crippen molar-refractivity contribution in [1.82, 2.24) is 4.98 Å². The number of hydrogen-bond acceptors (Lipinski definition) is 2. The zero-order valence-corrected chi connectivity index (χ0v) is 8.16. The molecule has 1 atom stereocenters. The highest BCUT2D eigenvalue weighted by Gasteiger charge is 2.38. The molecule has 1 aromatic rings. The number of aromatic nitrogens is 1. The molecule has 0 saturated heterocycles. The quantitative estimate of drug-likeness (QED) is 0.772. The van der Waals surface area contributed by atoms with Crippen LogP contribution in [0.5, 0.6) is 0 Å². The van der Waals surface area contributed by atoms with Crippen LogP contribution in [0.25, 0.3) is 0 Å². The number of nitrogens with zero attached hydrogens (tertiary/aromatic N) is 1. The Morgan fingerprint density at radius 1 is 1.29 bits per heavy atom. The average molecular weight is 245 g/mol. The highest BCUT2D eigenvalue weighted by molar-refractivity contribution is 6.41. The van der Waals surface area contributed by atoms with E-state index in [2.05, 4.69) is 4.98 Å². The molecule has 1 heterocycles. The molecule has 0 spiro atoms. The standard InChI is InChI=1S/C7H5Cl2F3N2/c8-3-1-2-4(14-6(3)9)5(13)7(10,11)12/h1-2,5H,13H2/t5-/m0/s1. The summed E-state index contributed by atoms with van der Waals surface area (Å²) in [6, 6.07) is 0.168. The molecule has 1 aromatic heterocycles. The molecule has 1 rings (SSSR count). The summed E-state index contributed by atoms with van der Waals surface area (Å²) in [5, 5.41) is -0.103. The topological polar surface area (TPSA) is 38.9 Å². The van der Waals surface area contributed by atoms with E-state index in [1.807, 2.05) is 0 Å². The van der Waals surface area contributed by atoms with E-state index in [9.17, 15) is 13.2 Å². The molecular weight excluding hydrogens is 240 g/mol. The maximum Gasteiger partial charge on any atom is 0.409 e. The molecule has 0 saturated carbocycles. The second kappa shape index (κ2) is 3.92. The van der Waals surface area contributed by atoms with E-state index in [4.69, 9.17) is 28.9 Å². The van der Waals surface area contributed by atoms with E-state index in [1.54, 1.807) is 0 Å². The van der Waals surface area contributed by atoms with Crippen molar-refractivity contribution in [3.8, 4) is 0 Å². The van der Waals surface area contributed by atoms with Crippen LogP contribution < -0.4 is 5.73 Å². The summed E-state index contributed by atoms with van der Waals surface area (Å²) in [5.74, 6) is 0. The molecule has 0 bridgehead atoms. The zero-order chi connectivity index (χ0) is 10.9. The van der Waals surface area contributed by atoms with Crippen LogP contribution in [0.3, 0.4) is 0 Å². The average Bonchev–Trinajstić information content (AvgIpc) is 2.07. The summed E-state index contributed by atoms with van der Waals surface area (Å²) in [6.07, 6.45) is -4.54. The van der Waals surface area contributed by atoms with Gasteiger partial charge in [-0.05, 0) is 12.1 Å². The van der Waals surface area contributed by atoms with Gasteiger partial charge in [0.25, 0.3) is 0 Å². The normalized spacial score (nSPS) is 14.1. The Morgan fingerprint density at radius 2 is 1.86 bits per heavy atom. The SMILES string of the molecule is N[C@@H](c1ccc(Cl)c(Cl)n1)C(F)(F)F. The van der Waals surface area contributed by atoms with Gasteiger partial charge in [0.05, 0.1) is 10.7 Å². The largest absolute Gasteiger partial charge is 0.409 e. The Morgan fingerprint density at radius 3 is 2.29 bits per heavy atom. The fourth-order valence-electron chi connectivity index (χ4n) is 0.772. The molecule has 2 nitrogen and oxygen atoms in total. The first-order chi connectivity index (χ1) is 6.32. The smallest absolute Gasteiger partial charge is 0.315 e. The third-order valence-corrected chi connectivity index (χ3v) is 2.19. The van der Waals surface area contributed by atoms with Crippen molar-refractivity contribution in [2.24, 2.45) is 5.73 Å². The second-order valence-electron chi connectivity index (χ2n) is 2.53. The van der Waals surface area contributed by atoms with Crippen LogP contribution >= 0.6 is 23.2 Å². The number of pyridine rings is 1. The third-order valence-electron chi connectivity index (χ3n) is 1.50. The summed E-state index contributed by atoms with van der Waals surface area (Å²) in [7, 11) is 0. The van der Waals surface area contributed by atoms with Gasteiger partial charge in [0, 0.05) is 0 Å². The van der Waals surface area contributed by atoms with E-state index >= 15 is 0 Å². The molecule has 0 unspecified atom stereocenters. The Labute approximate surface area is 87.8 Å². The Hall–Kier alpha value is -0.520. The Bertz CT molecular complexity index is 340. The lowest BCUT2D eigenvalue weighted by Gasteiger charge is -2.14. The molecule has 0 aromatic carbocycles. The van der Waals surface area contributed by atoms with Crippen molar-refractivity contribution in [3.63, 3.8) is 0 Å². The first kappa shape index (κ1) is 11.6. The Kier molecular flexibility index (Phi) is 3.24. The summed E-state index contributed by atoms with van der Waals surface area (Å²) < 4.78 is 36.4. The van der Waals surface area contributed by atoms with Gasteiger partial charge in [-0.25, -0.2) is 4.98 Å². The van der Waals surface area contributed by atoms with Crippen LogP contribution in [0.15, 0.2) is 12.1 Å². The minimum absolute atomic E-state index is 0.0878. The number of rotatable bonds is 1. The van der Waals surface area contributed by atoms with Gasteiger partial charge >= 0.3 is 6.18 Å². The lowest BCUT2D eigenvalue weighted by molar-refractivity contribution is -0.149. The van der Waals surface area contributed by atoms with Crippen molar-refractivity contribution in [3.05, 3.63) is 28.0 Å². The number of alkyl halides is 3. The van der Waals surface area contributed by atoms with Gasteiger partial charge in [0.15, 0.2) is 0 Å². The van der Waals surface area contributed by atoms with Crippen LogP contribution in [-0.4, -0.2) is 11.2 Å². The molecule has 7 heteroatoms. The maximum absolute atomic E-state index is 12.1. The first-order valence-electron chi connectivity index (χ1n) is 3.46. The number of halogens is 5. The molecule has 0 aliphatic carbocycles. The van der Waals surface area contributed by atoms with Gasteiger partial charge in [-0.2, -0.15) is 13.2 Å². The van der Waals surface area contributed by atoms with Crippen LogP contribution in [0, 0.1) is 0 Å². The van der Waals surface area contributed by atoms with Gasteiger partial charge in [0.1, 0.15) is 11.2 Å². The third kappa shape index (κ3) is 2.50. The minimum atomic E-state index is -4.54. The van der Waals surface area contributed by atoms with E-state index < -0.39 is 12.2 Å². The van der Waals surface area contributed by atoms with Crippen LogP contribution in [0.1, 0.15) is 11.7 Å². The Balaban J connectivity index is 3.03. The maximum atomic E-state index is 12.1. The van der Waals surface area contributed by atoms with Crippen molar-refractivity contribution in [1.29, 1.82) is 0 Å². The van der Waals surface area contributed by atoms with Crippen molar-refractivity contribution in [2.45, 2.75) is 12.2 Å². The number of hydrogen-bond donors (Lipinski definition) is 1. The predicted molar refractivity (Wildman–Crippen MR) is 47.2 cm³/mol. The zero-order valence-electron chi connectivity index (χ0n) is 6.65. The van der Waals surface area contributed by atoms with Gasteiger partial charge in [-0.15, -0.1) is 0 Å². The van der Waals surface area contributed by atoms with Gasteiger partial charge in [-0.1, -0.05) is 23.2 Å². The second-order valence-corrected chi connectivity index (χ2v) is 3.29. The summed E-state index contributed by atoms with van der Waals surface area (Å²) in [6.45, 7) is 0. The fraction of sp³-hybridized carbons (Fsp3) is 0.286. The highest BCUT2D eigenvalue weighted by atomic mass is 35.5. The molecule has 0 aliphatic rings. The van der Waals surface area contributed by atoms with Crippen molar-refractivity contribution in [2.75, 3.05) is 0 Å².